The molecule has 0 radical (unpaired) electrons. The molecule has 3 nitrogen and oxygen atoms in total. The Morgan fingerprint density at radius 2 is 2.00 bits per heavy atom. The summed E-state index contributed by atoms with van der Waals surface area (Å²) in [6.07, 6.45) is -4.58. The number of hydrogen-bond donors (Lipinski definition) is 2. The molecule has 7 heteroatoms. The highest BCUT2D eigenvalue weighted by atomic mass is 32.1. The summed E-state index contributed by atoms with van der Waals surface area (Å²) in [6.45, 7) is 1.20. The van der Waals surface area contributed by atoms with Crippen LogP contribution in [0.1, 0.15) is 18.1 Å². The van der Waals surface area contributed by atoms with E-state index in [1.54, 1.807) is 0 Å². The van der Waals surface area contributed by atoms with Crippen LogP contribution in [0.2, 0.25) is 0 Å². The third-order valence-electron chi connectivity index (χ3n) is 1.91. The Labute approximate surface area is 101 Å². The van der Waals surface area contributed by atoms with Gasteiger partial charge in [0.15, 0.2) is 0 Å². The standard InChI is InChI=1S/C10H9F3N2OS/c1-5(16)15-6-2-3-7(9(14)17)8(4-6)10(11,12)13/h2-4H,1H3,(H2,14,17)(H,15,16). The predicted octanol–water partition coefficient (Wildman–Crippen LogP) is 2.30. The molecule has 0 saturated carbocycles. The molecule has 0 atom stereocenters. The minimum absolute atomic E-state index is 0.0461. The molecule has 0 fully saturated rings. The third kappa shape index (κ3) is 3.42. The second kappa shape index (κ2) is 4.70. The van der Waals surface area contributed by atoms with Crippen LogP contribution in [0.15, 0.2) is 18.2 Å². The van der Waals surface area contributed by atoms with Gasteiger partial charge in [0.2, 0.25) is 5.91 Å². The Hall–Kier alpha value is -1.63. The Morgan fingerprint density at radius 1 is 1.41 bits per heavy atom. The number of carbonyl (C=O) groups excluding carboxylic acids is 1. The van der Waals surface area contributed by atoms with Gasteiger partial charge in [0.05, 0.1) is 5.56 Å². The van der Waals surface area contributed by atoms with Gasteiger partial charge in [0.1, 0.15) is 4.99 Å². The van der Waals surface area contributed by atoms with E-state index in [2.05, 4.69) is 17.5 Å². The Morgan fingerprint density at radius 3 is 2.41 bits per heavy atom. The normalized spacial score (nSPS) is 11.1. The SMILES string of the molecule is CC(=O)Nc1ccc(C(N)=S)c(C(F)(F)F)c1. The number of nitrogens with one attached hydrogen (secondary N) is 1. The maximum Gasteiger partial charge on any atom is 0.417 e. The number of benzene rings is 1. The molecule has 0 aliphatic rings. The molecule has 1 aromatic carbocycles. The van der Waals surface area contributed by atoms with E-state index in [0.717, 1.165) is 12.1 Å². The largest absolute Gasteiger partial charge is 0.417 e. The number of anilines is 1. The van der Waals surface area contributed by atoms with Gasteiger partial charge in [-0.3, -0.25) is 4.79 Å². The fraction of sp³-hybridized carbons (Fsp3) is 0.200. The molecule has 3 N–H and O–H groups in total. The average Bonchev–Trinajstić information content (AvgIpc) is 2.14. The van der Waals surface area contributed by atoms with Crippen molar-refractivity contribution >= 4 is 28.8 Å². The first-order chi connectivity index (χ1) is 7.71. The first kappa shape index (κ1) is 13.4. The first-order valence-corrected chi connectivity index (χ1v) is 4.91. The van der Waals surface area contributed by atoms with Crippen molar-refractivity contribution in [1.29, 1.82) is 0 Å². The van der Waals surface area contributed by atoms with Gasteiger partial charge in [0.25, 0.3) is 0 Å². The summed E-state index contributed by atoms with van der Waals surface area (Å²) < 4.78 is 38.1. The molecule has 0 unspecified atom stereocenters. The van der Waals surface area contributed by atoms with Gasteiger partial charge in [-0.2, -0.15) is 13.2 Å². The van der Waals surface area contributed by atoms with E-state index < -0.39 is 17.6 Å². The highest BCUT2D eigenvalue weighted by molar-refractivity contribution is 7.80. The van der Waals surface area contributed by atoms with Gasteiger partial charge in [-0.15, -0.1) is 0 Å². The van der Waals surface area contributed by atoms with Crippen molar-refractivity contribution in [2.24, 2.45) is 5.73 Å². The zero-order valence-electron chi connectivity index (χ0n) is 8.76. The average molecular weight is 262 g/mol. The van der Waals surface area contributed by atoms with Crippen LogP contribution in [-0.2, 0) is 11.0 Å². The minimum atomic E-state index is -4.58. The lowest BCUT2D eigenvalue weighted by Gasteiger charge is -2.13. The van der Waals surface area contributed by atoms with E-state index in [4.69, 9.17) is 5.73 Å². The number of alkyl halides is 3. The van der Waals surface area contributed by atoms with Crippen LogP contribution in [0, 0.1) is 0 Å². The van der Waals surface area contributed by atoms with Crippen LogP contribution in [-0.4, -0.2) is 10.9 Å². The van der Waals surface area contributed by atoms with Crippen LogP contribution >= 0.6 is 12.2 Å². The first-order valence-electron chi connectivity index (χ1n) is 4.50. The van der Waals surface area contributed by atoms with E-state index in [1.165, 1.54) is 13.0 Å². The van der Waals surface area contributed by atoms with Crippen LogP contribution < -0.4 is 11.1 Å². The molecule has 0 aliphatic carbocycles. The molecule has 17 heavy (non-hydrogen) atoms. The monoisotopic (exact) mass is 262 g/mol. The summed E-state index contributed by atoms with van der Waals surface area (Å²) >= 11 is 4.54. The topological polar surface area (TPSA) is 55.1 Å². The van der Waals surface area contributed by atoms with Crippen molar-refractivity contribution in [3.63, 3.8) is 0 Å². The van der Waals surface area contributed by atoms with Crippen molar-refractivity contribution in [2.45, 2.75) is 13.1 Å². The van der Waals surface area contributed by atoms with E-state index >= 15 is 0 Å². The van der Waals surface area contributed by atoms with Crippen LogP contribution in [0.4, 0.5) is 18.9 Å². The molecule has 1 amide bonds. The van der Waals surface area contributed by atoms with Gasteiger partial charge in [-0.25, -0.2) is 0 Å². The lowest BCUT2D eigenvalue weighted by molar-refractivity contribution is -0.137. The highest BCUT2D eigenvalue weighted by Crippen LogP contribution is 2.33. The van der Waals surface area contributed by atoms with Gasteiger partial charge in [0, 0.05) is 18.2 Å². The number of thiocarbonyl (C=S) groups is 1. The number of rotatable bonds is 2. The number of carbonyl (C=O) groups is 1. The van der Waals surface area contributed by atoms with Crippen LogP contribution in [0.25, 0.3) is 0 Å². The number of halogens is 3. The van der Waals surface area contributed by atoms with E-state index in [1.807, 2.05) is 0 Å². The fourth-order valence-electron chi connectivity index (χ4n) is 1.27. The van der Waals surface area contributed by atoms with Crippen molar-refractivity contribution < 1.29 is 18.0 Å². The highest BCUT2D eigenvalue weighted by Gasteiger charge is 2.34. The molecule has 0 heterocycles. The molecule has 1 aromatic rings. The quantitative estimate of drug-likeness (QED) is 0.804. The number of amides is 1. The number of nitrogens with two attached hydrogens (primary N) is 1. The smallest absolute Gasteiger partial charge is 0.389 e. The van der Waals surface area contributed by atoms with Gasteiger partial charge < -0.3 is 11.1 Å². The molecule has 1 rings (SSSR count). The van der Waals surface area contributed by atoms with E-state index in [9.17, 15) is 18.0 Å². The molecule has 0 bridgehead atoms. The summed E-state index contributed by atoms with van der Waals surface area (Å²) in [6, 6.07) is 3.25. The van der Waals surface area contributed by atoms with Gasteiger partial charge >= 0.3 is 6.18 Å². The second-order valence-corrected chi connectivity index (χ2v) is 3.74. The van der Waals surface area contributed by atoms with Crippen LogP contribution in [0.5, 0.6) is 0 Å². The van der Waals surface area contributed by atoms with Crippen molar-refractivity contribution in [2.75, 3.05) is 5.32 Å². The Bertz CT molecular complexity index is 471. The molecule has 0 spiro atoms. The lowest BCUT2D eigenvalue weighted by Crippen LogP contribution is -2.18. The summed E-state index contributed by atoms with van der Waals surface area (Å²) in [4.78, 5) is 10.4. The second-order valence-electron chi connectivity index (χ2n) is 3.30. The fourth-order valence-corrected chi connectivity index (χ4v) is 1.45. The third-order valence-corrected chi connectivity index (χ3v) is 2.13. The summed E-state index contributed by atoms with van der Waals surface area (Å²) in [5.41, 5.74) is 4.03. The predicted molar refractivity (Wildman–Crippen MR) is 61.6 cm³/mol. The Kier molecular flexibility index (Phi) is 3.72. The van der Waals surface area contributed by atoms with Crippen molar-refractivity contribution in [1.82, 2.24) is 0 Å². The number of hydrogen-bond acceptors (Lipinski definition) is 2. The van der Waals surface area contributed by atoms with Crippen molar-refractivity contribution in [3.05, 3.63) is 29.3 Å². The molecule has 0 saturated heterocycles. The zero-order valence-corrected chi connectivity index (χ0v) is 9.58. The maximum absolute atomic E-state index is 12.7. The molecular formula is C10H9F3N2OS. The molecular weight excluding hydrogens is 253 g/mol. The lowest BCUT2D eigenvalue weighted by atomic mass is 10.1. The zero-order chi connectivity index (χ0) is 13.2. The minimum Gasteiger partial charge on any atom is -0.389 e. The van der Waals surface area contributed by atoms with Crippen molar-refractivity contribution in [3.8, 4) is 0 Å². The van der Waals surface area contributed by atoms with Crippen LogP contribution in [0.3, 0.4) is 0 Å². The summed E-state index contributed by atoms with van der Waals surface area (Å²) in [5, 5.41) is 2.26. The molecule has 92 valence electrons. The summed E-state index contributed by atoms with van der Waals surface area (Å²) in [5.74, 6) is -0.457. The summed E-state index contributed by atoms with van der Waals surface area (Å²) in [7, 11) is 0. The maximum atomic E-state index is 12.7. The van der Waals surface area contributed by atoms with E-state index in [-0.39, 0.29) is 16.2 Å². The Balaban J connectivity index is 3.29. The van der Waals surface area contributed by atoms with E-state index in [0.29, 0.717) is 0 Å². The molecule has 0 aromatic heterocycles. The van der Waals surface area contributed by atoms with Gasteiger partial charge in [-0.05, 0) is 18.2 Å². The molecule has 0 aliphatic heterocycles. The van der Waals surface area contributed by atoms with Gasteiger partial charge in [-0.1, -0.05) is 12.2 Å².